The Morgan fingerprint density at radius 2 is 2.07 bits per heavy atom. The summed E-state index contributed by atoms with van der Waals surface area (Å²) < 4.78 is 21.8. The number of epoxide rings is 1. The molecule has 0 bridgehead atoms. The number of hydrogen-bond acceptors (Lipinski definition) is 5. The Hall–Kier alpha value is -0.200. The van der Waals surface area contributed by atoms with Gasteiger partial charge >= 0.3 is 0 Å². The van der Waals surface area contributed by atoms with Crippen LogP contribution in [0.15, 0.2) is 0 Å². The maximum Gasteiger partial charge on any atom is 0.224 e. The number of aliphatic hydroxyl groups excluding tert-OH is 1. The third-order valence-electron chi connectivity index (χ3n) is 2.91. The van der Waals surface area contributed by atoms with Crippen molar-refractivity contribution >= 4 is 0 Å². The summed E-state index contributed by atoms with van der Waals surface area (Å²) in [6, 6.07) is 0. The van der Waals surface area contributed by atoms with Crippen LogP contribution in [-0.4, -0.2) is 48.2 Å². The van der Waals surface area contributed by atoms with Gasteiger partial charge in [0.15, 0.2) is 5.79 Å². The Labute approximate surface area is 81.9 Å². The fourth-order valence-corrected chi connectivity index (χ4v) is 2.09. The van der Waals surface area contributed by atoms with Crippen LogP contribution >= 0.6 is 0 Å². The van der Waals surface area contributed by atoms with Gasteiger partial charge in [0.1, 0.15) is 24.9 Å². The van der Waals surface area contributed by atoms with E-state index in [0.717, 1.165) is 0 Å². The van der Waals surface area contributed by atoms with Crippen molar-refractivity contribution in [2.75, 3.05) is 13.2 Å². The molecule has 5 heteroatoms. The summed E-state index contributed by atoms with van der Waals surface area (Å²) >= 11 is 0. The maximum atomic E-state index is 9.95. The summed E-state index contributed by atoms with van der Waals surface area (Å²) in [5.74, 6) is -1.70. The molecular weight excluding hydrogens is 188 g/mol. The van der Waals surface area contributed by atoms with E-state index in [1.807, 2.05) is 0 Å². The topological polar surface area (TPSA) is 60.5 Å². The third-order valence-corrected chi connectivity index (χ3v) is 2.91. The van der Waals surface area contributed by atoms with E-state index in [1.165, 1.54) is 0 Å². The molecule has 0 aromatic heterocycles. The molecule has 0 amide bonds. The van der Waals surface area contributed by atoms with Gasteiger partial charge in [0.25, 0.3) is 0 Å². The molecule has 0 aromatic rings. The molecule has 3 aliphatic heterocycles. The summed E-state index contributed by atoms with van der Waals surface area (Å²) in [6.07, 6.45) is -0.841. The van der Waals surface area contributed by atoms with Crippen molar-refractivity contribution in [3.63, 3.8) is 0 Å². The molecule has 0 saturated carbocycles. The molecular formula is C9H14O5. The Kier molecular flexibility index (Phi) is 1.61. The van der Waals surface area contributed by atoms with E-state index in [1.54, 1.807) is 13.8 Å². The second kappa shape index (κ2) is 2.48. The van der Waals surface area contributed by atoms with E-state index in [4.69, 9.17) is 18.9 Å². The highest BCUT2D eigenvalue weighted by Gasteiger charge is 2.64. The van der Waals surface area contributed by atoms with E-state index in [0.29, 0.717) is 6.61 Å². The first-order valence-corrected chi connectivity index (χ1v) is 4.84. The molecule has 3 aliphatic rings. The Balaban J connectivity index is 1.83. The predicted octanol–water partition coefficient (Wildman–Crippen LogP) is -0.376. The van der Waals surface area contributed by atoms with Crippen molar-refractivity contribution in [1.82, 2.24) is 0 Å². The molecule has 1 N–H and O–H groups in total. The van der Waals surface area contributed by atoms with E-state index >= 15 is 0 Å². The molecule has 3 heterocycles. The van der Waals surface area contributed by atoms with Gasteiger partial charge in [-0.3, -0.25) is 0 Å². The fraction of sp³-hybridized carbons (Fsp3) is 1.00. The van der Waals surface area contributed by atoms with E-state index < -0.39 is 17.7 Å². The highest BCUT2D eigenvalue weighted by atomic mass is 16.8. The van der Waals surface area contributed by atoms with Gasteiger partial charge in [-0.2, -0.15) is 0 Å². The maximum absolute atomic E-state index is 9.95. The number of rotatable bonds is 0. The predicted molar refractivity (Wildman–Crippen MR) is 44.5 cm³/mol. The summed E-state index contributed by atoms with van der Waals surface area (Å²) in [5, 5.41) is 9.95. The monoisotopic (exact) mass is 202 g/mol. The first kappa shape index (κ1) is 9.06. The molecule has 0 aliphatic carbocycles. The molecule has 5 nitrogen and oxygen atoms in total. The van der Waals surface area contributed by atoms with Crippen molar-refractivity contribution in [2.45, 2.75) is 43.7 Å². The van der Waals surface area contributed by atoms with Crippen LogP contribution in [0.25, 0.3) is 0 Å². The Morgan fingerprint density at radius 1 is 1.29 bits per heavy atom. The summed E-state index contributed by atoms with van der Waals surface area (Å²) in [6.45, 7) is 4.34. The third kappa shape index (κ3) is 1.14. The lowest BCUT2D eigenvalue weighted by molar-refractivity contribution is -0.297. The molecule has 3 rings (SSSR count). The van der Waals surface area contributed by atoms with Crippen LogP contribution in [0.1, 0.15) is 13.8 Å². The van der Waals surface area contributed by atoms with Crippen LogP contribution in [0.3, 0.4) is 0 Å². The zero-order chi connectivity index (χ0) is 9.97. The highest BCUT2D eigenvalue weighted by Crippen LogP contribution is 2.44. The normalized spacial score (nSPS) is 54.6. The summed E-state index contributed by atoms with van der Waals surface area (Å²) in [5.41, 5.74) is 0. The van der Waals surface area contributed by atoms with Crippen molar-refractivity contribution in [2.24, 2.45) is 0 Å². The summed E-state index contributed by atoms with van der Waals surface area (Å²) in [7, 11) is 0. The van der Waals surface area contributed by atoms with Gasteiger partial charge in [-0.15, -0.1) is 0 Å². The van der Waals surface area contributed by atoms with Crippen molar-refractivity contribution in [3.05, 3.63) is 0 Å². The van der Waals surface area contributed by atoms with Gasteiger partial charge in [0.2, 0.25) is 5.79 Å². The second-order valence-electron chi connectivity index (χ2n) is 4.50. The molecule has 3 fully saturated rings. The minimum absolute atomic E-state index is 0.0444. The van der Waals surface area contributed by atoms with Crippen LogP contribution in [0.4, 0.5) is 0 Å². The lowest BCUT2D eigenvalue weighted by Gasteiger charge is -2.34. The van der Waals surface area contributed by atoms with E-state index in [2.05, 4.69) is 0 Å². The minimum Gasteiger partial charge on any atom is -0.385 e. The standard InChI is InChI=1S/C9H14O5/c1-8(2)12-4-9(14-8)7(10)6-5(13-6)3-11-9/h5-7,10H,3-4H2,1-2H3/t5-,6-,7+,9+/m1/s1. The van der Waals surface area contributed by atoms with Crippen LogP contribution < -0.4 is 0 Å². The lowest BCUT2D eigenvalue weighted by Crippen LogP contribution is -2.55. The average molecular weight is 202 g/mol. The second-order valence-corrected chi connectivity index (χ2v) is 4.50. The molecule has 14 heavy (non-hydrogen) atoms. The van der Waals surface area contributed by atoms with Gasteiger partial charge in [-0.25, -0.2) is 0 Å². The van der Waals surface area contributed by atoms with Crippen molar-refractivity contribution in [1.29, 1.82) is 0 Å². The van der Waals surface area contributed by atoms with Crippen molar-refractivity contribution < 1.29 is 24.1 Å². The van der Waals surface area contributed by atoms with Gasteiger partial charge in [0.05, 0.1) is 6.61 Å². The fourth-order valence-electron chi connectivity index (χ4n) is 2.09. The zero-order valence-corrected chi connectivity index (χ0v) is 8.23. The van der Waals surface area contributed by atoms with Crippen LogP contribution in [0.2, 0.25) is 0 Å². The lowest BCUT2D eigenvalue weighted by atomic mass is 10.0. The molecule has 4 atom stereocenters. The Bertz CT molecular complexity index is 262. The number of ether oxygens (including phenoxy) is 4. The van der Waals surface area contributed by atoms with Crippen LogP contribution in [0, 0.1) is 0 Å². The number of aliphatic hydroxyl groups is 1. The van der Waals surface area contributed by atoms with Gasteiger partial charge < -0.3 is 24.1 Å². The van der Waals surface area contributed by atoms with Gasteiger partial charge in [-0.05, 0) is 13.8 Å². The quantitative estimate of drug-likeness (QED) is 0.543. The van der Waals surface area contributed by atoms with Gasteiger partial charge in [0, 0.05) is 0 Å². The van der Waals surface area contributed by atoms with E-state index in [9.17, 15) is 5.11 Å². The summed E-state index contributed by atoms with van der Waals surface area (Å²) in [4.78, 5) is 0. The molecule has 0 aromatic carbocycles. The van der Waals surface area contributed by atoms with Crippen LogP contribution in [-0.2, 0) is 18.9 Å². The highest BCUT2D eigenvalue weighted by molar-refractivity contribution is 5.04. The first-order valence-electron chi connectivity index (χ1n) is 4.84. The van der Waals surface area contributed by atoms with Crippen molar-refractivity contribution in [3.8, 4) is 0 Å². The first-order chi connectivity index (χ1) is 6.53. The minimum atomic E-state index is -1.01. The number of hydrogen-bond donors (Lipinski definition) is 1. The SMILES string of the molecule is CC1(C)OC[C@]2(OC[C@H]3O[C@H]3[C@@H]2O)O1. The Morgan fingerprint density at radius 3 is 2.71 bits per heavy atom. The molecule has 0 unspecified atom stereocenters. The largest absolute Gasteiger partial charge is 0.385 e. The number of fused-ring (bicyclic) bond motifs is 1. The molecule has 1 spiro atoms. The average Bonchev–Trinajstić information content (AvgIpc) is 2.82. The molecule has 0 radical (unpaired) electrons. The molecule has 80 valence electrons. The van der Waals surface area contributed by atoms with Gasteiger partial charge in [-0.1, -0.05) is 0 Å². The van der Waals surface area contributed by atoms with Crippen LogP contribution in [0.5, 0.6) is 0 Å². The smallest absolute Gasteiger partial charge is 0.224 e. The molecule has 3 saturated heterocycles. The van der Waals surface area contributed by atoms with E-state index in [-0.39, 0.29) is 18.8 Å². The zero-order valence-electron chi connectivity index (χ0n) is 8.23.